The Morgan fingerprint density at radius 2 is 2.00 bits per heavy atom. The molecule has 0 aromatic carbocycles. The van der Waals surface area contributed by atoms with Crippen molar-refractivity contribution in [3.05, 3.63) is 11.8 Å². The normalized spacial score (nSPS) is 12.3. The van der Waals surface area contributed by atoms with Crippen molar-refractivity contribution in [1.29, 1.82) is 0 Å². The molecule has 0 atom stereocenters. The molecule has 0 fully saturated rings. The summed E-state index contributed by atoms with van der Waals surface area (Å²) in [5.41, 5.74) is -0.156. The van der Waals surface area contributed by atoms with Crippen LogP contribution in [0.5, 0.6) is 0 Å². The zero-order valence-electron chi connectivity index (χ0n) is 13.0. The Morgan fingerprint density at radius 1 is 1.35 bits per heavy atom. The molecule has 20 heavy (non-hydrogen) atoms. The lowest BCUT2D eigenvalue weighted by Crippen LogP contribution is -2.31. The molecule has 1 rings (SSSR count). The van der Waals surface area contributed by atoms with E-state index in [1.54, 1.807) is 0 Å². The van der Waals surface area contributed by atoms with Gasteiger partial charge >= 0.3 is 5.97 Å². The third-order valence-corrected chi connectivity index (χ3v) is 3.01. The van der Waals surface area contributed by atoms with Crippen molar-refractivity contribution >= 4 is 5.97 Å². The molecule has 114 valence electrons. The number of hydrogen-bond acceptors (Lipinski definition) is 5. The summed E-state index contributed by atoms with van der Waals surface area (Å²) in [4.78, 5) is 12.7. The molecule has 0 radical (unpaired) electrons. The van der Waals surface area contributed by atoms with Crippen LogP contribution in [0.1, 0.15) is 59.2 Å². The van der Waals surface area contributed by atoms with Gasteiger partial charge in [-0.05, 0) is 26.8 Å². The monoisotopic (exact) mass is 283 g/mol. The second-order valence-electron chi connectivity index (χ2n) is 6.31. The van der Waals surface area contributed by atoms with Gasteiger partial charge in [0.25, 0.3) is 0 Å². The number of rotatable bonds is 7. The van der Waals surface area contributed by atoms with Crippen LogP contribution in [0.2, 0.25) is 0 Å². The van der Waals surface area contributed by atoms with Crippen LogP contribution < -0.4 is 0 Å². The van der Waals surface area contributed by atoms with Crippen molar-refractivity contribution in [3.63, 3.8) is 0 Å². The van der Waals surface area contributed by atoms with Crippen LogP contribution in [-0.4, -0.2) is 38.8 Å². The van der Waals surface area contributed by atoms with Gasteiger partial charge in [-0.15, -0.1) is 10.2 Å². The van der Waals surface area contributed by atoms with Gasteiger partial charge in [0.2, 0.25) is 11.8 Å². The first-order chi connectivity index (χ1) is 9.20. The number of hydrogen-bond donors (Lipinski definition) is 1. The Hall–Kier alpha value is -1.43. The minimum absolute atomic E-state index is 0.156. The molecule has 0 saturated heterocycles. The van der Waals surface area contributed by atoms with Crippen LogP contribution in [0.3, 0.4) is 0 Å². The number of carbonyl (C=O) groups is 1. The summed E-state index contributed by atoms with van der Waals surface area (Å²) in [6.07, 6.45) is 0.800. The minimum atomic E-state index is -0.762. The Morgan fingerprint density at radius 3 is 2.45 bits per heavy atom. The largest absolute Gasteiger partial charge is 0.481 e. The molecule has 0 amide bonds. The van der Waals surface area contributed by atoms with Crippen LogP contribution in [0.4, 0.5) is 0 Å². The zero-order chi connectivity index (χ0) is 15.3. The van der Waals surface area contributed by atoms with Gasteiger partial charge in [-0.3, -0.25) is 9.69 Å². The van der Waals surface area contributed by atoms with Gasteiger partial charge in [-0.2, -0.15) is 0 Å². The van der Waals surface area contributed by atoms with E-state index in [4.69, 9.17) is 9.52 Å². The number of aliphatic carboxylic acids is 1. The summed E-state index contributed by atoms with van der Waals surface area (Å²) >= 11 is 0. The fourth-order valence-electron chi connectivity index (χ4n) is 1.75. The van der Waals surface area contributed by atoms with Crippen LogP contribution in [-0.2, 0) is 16.8 Å². The molecule has 1 aromatic heterocycles. The number of aromatic nitrogens is 2. The van der Waals surface area contributed by atoms with E-state index in [0.29, 0.717) is 37.3 Å². The van der Waals surface area contributed by atoms with E-state index >= 15 is 0 Å². The van der Waals surface area contributed by atoms with Crippen LogP contribution >= 0.6 is 0 Å². The van der Waals surface area contributed by atoms with E-state index in [1.165, 1.54) is 0 Å². The van der Waals surface area contributed by atoms with Gasteiger partial charge in [0.15, 0.2) is 0 Å². The Labute approximate surface area is 120 Å². The quantitative estimate of drug-likeness (QED) is 0.828. The smallest absolute Gasteiger partial charge is 0.303 e. The molecule has 6 heteroatoms. The van der Waals surface area contributed by atoms with Crippen LogP contribution in [0.15, 0.2) is 4.42 Å². The molecule has 6 nitrogen and oxygen atoms in total. The molecule has 1 heterocycles. The first kappa shape index (κ1) is 16.6. The fraction of sp³-hybridized carbons (Fsp3) is 0.786. The van der Waals surface area contributed by atoms with E-state index in [2.05, 4.69) is 28.9 Å². The Bertz CT molecular complexity index is 435. The summed E-state index contributed by atoms with van der Waals surface area (Å²) in [5.74, 6) is 0.446. The summed E-state index contributed by atoms with van der Waals surface area (Å²) in [6, 6.07) is 0.300. The van der Waals surface area contributed by atoms with E-state index in [-0.39, 0.29) is 11.8 Å². The summed E-state index contributed by atoms with van der Waals surface area (Å²) in [5, 5.41) is 16.8. The number of carboxylic acid groups (broad SMARTS) is 1. The highest BCUT2D eigenvalue weighted by atomic mass is 16.4. The van der Waals surface area contributed by atoms with Crippen molar-refractivity contribution in [3.8, 4) is 0 Å². The average Bonchev–Trinajstić information content (AvgIpc) is 2.75. The van der Waals surface area contributed by atoms with Gasteiger partial charge in [-0.25, -0.2) is 0 Å². The van der Waals surface area contributed by atoms with E-state index in [9.17, 15) is 4.79 Å². The molecule has 0 unspecified atom stereocenters. The molecule has 0 aliphatic carbocycles. The predicted octanol–water partition coefficient (Wildman–Crippen LogP) is 2.44. The molecule has 0 aliphatic heterocycles. The predicted molar refractivity (Wildman–Crippen MR) is 75.4 cm³/mol. The standard InChI is InChI=1S/C14H25N3O3/c1-10(2)17(8-6-7-12(18)19)9-11-15-16-13(20-11)14(3,4)5/h10H,6-9H2,1-5H3,(H,18,19). The third kappa shape index (κ3) is 5.28. The van der Waals surface area contributed by atoms with E-state index in [0.717, 1.165) is 0 Å². The van der Waals surface area contributed by atoms with Crippen molar-refractivity contribution < 1.29 is 14.3 Å². The van der Waals surface area contributed by atoms with Crippen LogP contribution in [0.25, 0.3) is 0 Å². The highest BCUT2D eigenvalue weighted by Crippen LogP contribution is 2.21. The minimum Gasteiger partial charge on any atom is -0.481 e. The van der Waals surface area contributed by atoms with E-state index in [1.807, 2.05) is 20.8 Å². The SMILES string of the molecule is CC(C)N(CCCC(=O)O)Cc1nnc(C(C)(C)C)o1. The van der Waals surface area contributed by atoms with Gasteiger partial charge in [-0.1, -0.05) is 20.8 Å². The second kappa shape index (κ2) is 6.83. The highest BCUT2D eigenvalue weighted by molar-refractivity contribution is 5.66. The van der Waals surface area contributed by atoms with Crippen molar-refractivity contribution in [2.45, 2.75) is 65.5 Å². The van der Waals surface area contributed by atoms with Crippen molar-refractivity contribution in [1.82, 2.24) is 15.1 Å². The lowest BCUT2D eigenvalue weighted by Gasteiger charge is -2.24. The highest BCUT2D eigenvalue weighted by Gasteiger charge is 2.22. The fourth-order valence-corrected chi connectivity index (χ4v) is 1.75. The average molecular weight is 283 g/mol. The maximum absolute atomic E-state index is 10.6. The zero-order valence-corrected chi connectivity index (χ0v) is 13.0. The third-order valence-electron chi connectivity index (χ3n) is 3.01. The first-order valence-electron chi connectivity index (χ1n) is 6.99. The Kier molecular flexibility index (Phi) is 5.68. The summed E-state index contributed by atoms with van der Waals surface area (Å²) in [6.45, 7) is 11.5. The molecule has 1 aromatic rings. The van der Waals surface area contributed by atoms with Gasteiger partial charge < -0.3 is 9.52 Å². The molecular weight excluding hydrogens is 258 g/mol. The van der Waals surface area contributed by atoms with E-state index < -0.39 is 5.97 Å². The maximum atomic E-state index is 10.6. The Balaban J connectivity index is 2.61. The molecule has 0 saturated carbocycles. The van der Waals surface area contributed by atoms with Crippen molar-refractivity contribution in [2.24, 2.45) is 0 Å². The molecule has 1 N–H and O–H groups in total. The lowest BCUT2D eigenvalue weighted by atomic mass is 9.97. The summed E-state index contributed by atoms with van der Waals surface area (Å²) < 4.78 is 5.68. The van der Waals surface area contributed by atoms with Gasteiger partial charge in [0.05, 0.1) is 6.54 Å². The maximum Gasteiger partial charge on any atom is 0.303 e. The lowest BCUT2D eigenvalue weighted by molar-refractivity contribution is -0.137. The molecule has 0 spiro atoms. The number of carboxylic acids is 1. The van der Waals surface area contributed by atoms with Crippen molar-refractivity contribution in [2.75, 3.05) is 6.54 Å². The molecule has 0 aliphatic rings. The van der Waals surface area contributed by atoms with Crippen LogP contribution in [0, 0.1) is 0 Å². The van der Waals surface area contributed by atoms with Gasteiger partial charge in [0.1, 0.15) is 0 Å². The first-order valence-corrected chi connectivity index (χ1v) is 6.99. The second-order valence-corrected chi connectivity index (χ2v) is 6.31. The molecular formula is C14H25N3O3. The number of nitrogens with zero attached hydrogens (tertiary/aromatic N) is 3. The topological polar surface area (TPSA) is 79.5 Å². The summed E-state index contributed by atoms with van der Waals surface area (Å²) in [7, 11) is 0. The molecule has 0 bridgehead atoms. The van der Waals surface area contributed by atoms with Gasteiger partial charge in [0, 0.05) is 17.9 Å².